The van der Waals surface area contributed by atoms with Crippen molar-refractivity contribution in [2.45, 2.75) is 12.3 Å². The normalized spacial score (nSPS) is 12.5. The highest BCUT2D eigenvalue weighted by Crippen LogP contribution is 2.32. The highest BCUT2D eigenvalue weighted by atomic mass is 79.9. The van der Waals surface area contributed by atoms with E-state index in [9.17, 15) is 0 Å². The van der Waals surface area contributed by atoms with Crippen LogP contribution < -0.4 is 0 Å². The summed E-state index contributed by atoms with van der Waals surface area (Å²) in [6, 6.07) is 13.8. The van der Waals surface area contributed by atoms with Crippen LogP contribution in [0.5, 0.6) is 0 Å². The van der Waals surface area contributed by atoms with Crippen LogP contribution in [0.15, 0.2) is 46.9 Å². The van der Waals surface area contributed by atoms with Gasteiger partial charge in [0.05, 0.1) is 5.38 Å². The first-order valence-electron chi connectivity index (χ1n) is 5.23. The van der Waals surface area contributed by atoms with Crippen LogP contribution in [0.25, 0.3) is 0 Å². The summed E-state index contributed by atoms with van der Waals surface area (Å²) in [7, 11) is 0. The molecule has 0 N–H and O–H groups in total. The minimum atomic E-state index is -0.139. The number of hydrogen-bond acceptors (Lipinski definition) is 0. The molecule has 1 atom stereocenters. The molecule has 2 aromatic carbocycles. The Hall–Kier alpha value is -0.500. The first kappa shape index (κ1) is 12.9. The van der Waals surface area contributed by atoms with Gasteiger partial charge in [-0.05, 0) is 47.9 Å². The van der Waals surface area contributed by atoms with E-state index in [1.807, 2.05) is 36.4 Å². The fourth-order valence-electron chi connectivity index (χ4n) is 1.73. The van der Waals surface area contributed by atoms with Crippen molar-refractivity contribution < 1.29 is 0 Å². The maximum Gasteiger partial charge on any atom is 0.0838 e. The maximum atomic E-state index is 6.48. The summed E-state index contributed by atoms with van der Waals surface area (Å²) in [6.45, 7) is 2.06. The van der Waals surface area contributed by atoms with Crippen molar-refractivity contribution in [3.63, 3.8) is 0 Å². The fourth-order valence-corrected chi connectivity index (χ4v) is 2.73. The van der Waals surface area contributed by atoms with Crippen LogP contribution >= 0.6 is 39.1 Å². The summed E-state index contributed by atoms with van der Waals surface area (Å²) >= 11 is 15.8. The van der Waals surface area contributed by atoms with Crippen molar-refractivity contribution in [3.8, 4) is 0 Å². The van der Waals surface area contributed by atoms with Crippen LogP contribution in [-0.4, -0.2) is 0 Å². The molecular formula is C14H11BrCl2. The van der Waals surface area contributed by atoms with Crippen LogP contribution in [0.1, 0.15) is 22.1 Å². The SMILES string of the molecule is Cc1cc(Br)ccc1C(Cl)c1ccc(Cl)cc1. The van der Waals surface area contributed by atoms with Gasteiger partial charge in [0.15, 0.2) is 0 Å². The molecular weight excluding hydrogens is 319 g/mol. The molecule has 1 unspecified atom stereocenters. The smallest absolute Gasteiger partial charge is 0.0838 e. The highest BCUT2D eigenvalue weighted by molar-refractivity contribution is 9.10. The molecule has 0 spiro atoms. The molecule has 2 aromatic rings. The van der Waals surface area contributed by atoms with Gasteiger partial charge in [-0.2, -0.15) is 0 Å². The Bertz CT molecular complexity index is 520. The zero-order valence-electron chi connectivity index (χ0n) is 9.25. The predicted octanol–water partition coefficient (Wildman–Crippen LogP) is 5.74. The Labute approximate surface area is 120 Å². The summed E-state index contributed by atoms with van der Waals surface area (Å²) < 4.78 is 1.07. The number of benzene rings is 2. The van der Waals surface area contributed by atoms with Gasteiger partial charge in [0.1, 0.15) is 0 Å². The van der Waals surface area contributed by atoms with Crippen molar-refractivity contribution in [2.75, 3.05) is 0 Å². The van der Waals surface area contributed by atoms with Crippen molar-refractivity contribution in [1.82, 2.24) is 0 Å². The lowest BCUT2D eigenvalue weighted by Crippen LogP contribution is -1.96. The average Bonchev–Trinajstić information content (AvgIpc) is 2.29. The molecule has 88 valence electrons. The quantitative estimate of drug-likeness (QED) is 0.616. The van der Waals surface area contributed by atoms with Gasteiger partial charge in [-0.3, -0.25) is 0 Å². The third-order valence-corrected chi connectivity index (χ3v) is 3.90. The molecule has 0 saturated carbocycles. The molecule has 0 amide bonds. The van der Waals surface area contributed by atoms with E-state index in [-0.39, 0.29) is 5.38 Å². The van der Waals surface area contributed by atoms with Crippen molar-refractivity contribution in [3.05, 3.63) is 68.7 Å². The van der Waals surface area contributed by atoms with Gasteiger partial charge in [0.2, 0.25) is 0 Å². The maximum absolute atomic E-state index is 6.48. The molecule has 0 fully saturated rings. The van der Waals surface area contributed by atoms with Gasteiger partial charge in [-0.1, -0.05) is 45.7 Å². The van der Waals surface area contributed by atoms with E-state index in [4.69, 9.17) is 23.2 Å². The largest absolute Gasteiger partial charge is 0.113 e. The van der Waals surface area contributed by atoms with E-state index in [1.54, 1.807) is 0 Å². The second kappa shape index (κ2) is 5.43. The molecule has 0 bridgehead atoms. The van der Waals surface area contributed by atoms with Crippen LogP contribution in [0.4, 0.5) is 0 Å². The predicted molar refractivity (Wildman–Crippen MR) is 78.0 cm³/mol. The van der Waals surface area contributed by atoms with Gasteiger partial charge in [0, 0.05) is 9.50 Å². The molecule has 0 aliphatic heterocycles. The molecule has 0 heterocycles. The monoisotopic (exact) mass is 328 g/mol. The summed E-state index contributed by atoms with van der Waals surface area (Å²) in [4.78, 5) is 0. The van der Waals surface area contributed by atoms with Crippen LogP contribution in [0.3, 0.4) is 0 Å². The van der Waals surface area contributed by atoms with E-state index >= 15 is 0 Å². The van der Waals surface area contributed by atoms with Gasteiger partial charge in [-0.15, -0.1) is 11.6 Å². The van der Waals surface area contributed by atoms with E-state index in [0.717, 1.165) is 20.6 Å². The van der Waals surface area contributed by atoms with Crippen molar-refractivity contribution in [1.29, 1.82) is 0 Å². The van der Waals surface area contributed by atoms with E-state index in [1.165, 1.54) is 5.56 Å². The second-order valence-corrected chi connectivity index (χ2v) is 5.70. The summed E-state index contributed by atoms with van der Waals surface area (Å²) in [5.74, 6) is 0. The van der Waals surface area contributed by atoms with Gasteiger partial charge in [0.25, 0.3) is 0 Å². The van der Waals surface area contributed by atoms with Crippen LogP contribution in [0, 0.1) is 6.92 Å². The molecule has 0 aromatic heterocycles. The number of halogens is 3. The minimum absolute atomic E-state index is 0.139. The Morgan fingerprint density at radius 1 is 1.06 bits per heavy atom. The number of hydrogen-bond donors (Lipinski definition) is 0. The van der Waals surface area contributed by atoms with Gasteiger partial charge < -0.3 is 0 Å². The first-order chi connectivity index (χ1) is 8.08. The lowest BCUT2D eigenvalue weighted by molar-refractivity contribution is 1.11. The molecule has 0 aliphatic rings. The summed E-state index contributed by atoms with van der Waals surface area (Å²) in [6.07, 6.45) is 0. The number of rotatable bonds is 2. The van der Waals surface area contributed by atoms with E-state index in [0.29, 0.717) is 0 Å². The molecule has 0 radical (unpaired) electrons. The second-order valence-electron chi connectivity index (χ2n) is 3.92. The van der Waals surface area contributed by atoms with Crippen LogP contribution in [0.2, 0.25) is 5.02 Å². The highest BCUT2D eigenvalue weighted by Gasteiger charge is 2.13. The zero-order chi connectivity index (χ0) is 12.4. The topological polar surface area (TPSA) is 0 Å². The molecule has 2 rings (SSSR count). The van der Waals surface area contributed by atoms with Crippen LogP contribution in [-0.2, 0) is 0 Å². The molecule has 3 heteroatoms. The first-order valence-corrected chi connectivity index (χ1v) is 6.84. The van der Waals surface area contributed by atoms with Gasteiger partial charge in [-0.25, -0.2) is 0 Å². The Kier molecular flexibility index (Phi) is 4.13. The molecule has 0 aliphatic carbocycles. The Balaban J connectivity index is 2.36. The lowest BCUT2D eigenvalue weighted by Gasteiger charge is -2.13. The molecule has 17 heavy (non-hydrogen) atoms. The zero-order valence-corrected chi connectivity index (χ0v) is 12.4. The summed E-state index contributed by atoms with van der Waals surface area (Å²) in [5, 5.41) is 0.588. The third-order valence-electron chi connectivity index (χ3n) is 2.67. The molecule has 0 saturated heterocycles. The minimum Gasteiger partial charge on any atom is -0.113 e. The Morgan fingerprint density at radius 3 is 2.29 bits per heavy atom. The lowest BCUT2D eigenvalue weighted by atomic mass is 10.0. The van der Waals surface area contributed by atoms with E-state index < -0.39 is 0 Å². The van der Waals surface area contributed by atoms with Crippen molar-refractivity contribution in [2.24, 2.45) is 0 Å². The molecule has 0 nitrogen and oxygen atoms in total. The van der Waals surface area contributed by atoms with Crippen molar-refractivity contribution >= 4 is 39.1 Å². The standard InChI is InChI=1S/C14H11BrCl2/c1-9-8-11(15)4-7-13(9)14(17)10-2-5-12(16)6-3-10/h2-8,14H,1H3. The fraction of sp³-hybridized carbons (Fsp3) is 0.143. The summed E-state index contributed by atoms with van der Waals surface area (Å²) in [5.41, 5.74) is 3.35. The Morgan fingerprint density at radius 2 is 1.71 bits per heavy atom. The third kappa shape index (κ3) is 3.04. The van der Waals surface area contributed by atoms with E-state index in [2.05, 4.69) is 28.9 Å². The van der Waals surface area contributed by atoms with Gasteiger partial charge >= 0.3 is 0 Å². The number of aryl methyl sites for hydroxylation is 1. The number of alkyl halides is 1. The average molecular weight is 330 g/mol.